The first-order valence-electron chi connectivity index (χ1n) is 9.00. The van der Waals surface area contributed by atoms with Gasteiger partial charge in [0.05, 0.1) is 17.1 Å². The van der Waals surface area contributed by atoms with Gasteiger partial charge < -0.3 is 0 Å². The number of hydrogen-bond acceptors (Lipinski definition) is 2. The second kappa shape index (κ2) is 5.80. The fourth-order valence-corrected chi connectivity index (χ4v) is 4.15. The van der Waals surface area contributed by atoms with Crippen molar-refractivity contribution in [3.05, 3.63) is 63.4 Å². The molecule has 2 aromatic carbocycles. The summed E-state index contributed by atoms with van der Waals surface area (Å²) in [5, 5.41) is 6.63. The first kappa shape index (κ1) is 15.3. The maximum absolute atomic E-state index is 13.2. The molecule has 0 bridgehead atoms. The van der Waals surface area contributed by atoms with Crippen LogP contribution in [0.5, 0.6) is 0 Å². The van der Waals surface area contributed by atoms with Crippen molar-refractivity contribution >= 4 is 26.7 Å². The molecular formula is C21H19BrN2O. The van der Waals surface area contributed by atoms with Crippen LogP contribution < -0.4 is 5.56 Å². The maximum Gasteiger partial charge on any atom is 0.274 e. The van der Waals surface area contributed by atoms with E-state index in [2.05, 4.69) is 28.1 Å². The molecule has 2 fully saturated rings. The van der Waals surface area contributed by atoms with Gasteiger partial charge in [-0.2, -0.15) is 5.10 Å². The molecule has 126 valence electrons. The lowest BCUT2D eigenvalue weighted by Gasteiger charge is -2.20. The van der Waals surface area contributed by atoms with Gasteiger partial charge >= 0.3 is 0 Å². The van der Waals surface area contributed by atoms with E-state index >= 15 is 0 Å². The molecular weight excluding hydrogens is 376 g/mol. The molecule has 3 nitrogen and oxygen atoms in total. The number of hydrogen-bond donors (Lipinski definition) is 0. The predicted octanol–water partition coefficient (Wildman–Crippen LogP) is 5.19. The second-order valence-electron chi connectivity index (χ2n) is 7.32. The minimum atomic E-state index is 0.0697. The largest absolute Gasteiger partial charge is 0.274 e. The molecule has 0 amide bonds. The molecule has 5 rings (SSSR count). The molecule has 2 saturated carbocycles. The molecule has 0 radical (unpaired) electrons. The van der Waals surface area contributed by atoms with Gasteiger partial charge in [0.1, 0.15) is 0 Å². The lowest BCUT2D eigenvalue weighted by Crippen LogP contribution is -2.30. The molecule has 0 atom stereocenters. The Morgan fingerprint density at radius 1 is 0.920 bits per heavy atom. The number of rotatable bonds is 4. The zero-order valence-electron chi connectivity index (χ0n) is 13.9. The van der Waals surface area contributed by atoms with Gasteiger partial charge in [0.2, 0.25) is 0 Å². The van der Waals surface area contributed by atoms with E-state index in [0.717, 1.165) is 26.5 Å². The molecule has 2 aliphatic rings. The minimum absolute atomic E-state index is 0.0697. The number of fused-ring (bicyclic) bond motifs is 1. The van der Waals surface area contributed by atoms with E-state index in [0.29, 0.717) is 11.8 Å². The lowest BCUT2D eigenvalue weighted by molar-refractivity contribution is 0.349. The number of nitrogens with zero attached hydrogens (tertiary/aromatic N) is 2. The lowest BCUT2D eigenvalue weighted by atomic mass is 10.0. The Morgan fingerprint density at radius 3 is 2.12 bits per heavy atom. The Balaban J connectivity index is 1.77. The van der Waals surface area contributed by atoms with Crippen LogP contribution in [0.25, 0.3) is 22.0 Å². The summed E-state index contributed by atoms with van der Waals surface area (Å²) < 4.78 is 2.87. The highest BCUT2D eigenvalue weighted by atomic mass is 79.9. The van der Waals surface area contributed by atoms with E-state index in [-0.39, 0.29) is 11.6 Å². The van der Waals surface area contributed by atoms with Crippen LogP contribution >= 0.6 is 15.9 Å². The Hall–Kier alpha value is -1.94. The van der Waals surface area contributed by atoms with E-state index in [1.165, 1.54) is 25.7 Å². The van der Waals surface area contributed by atoms with Crippen molar-refractivity contribution in [3.63, 3.8) is 0 Å². The summed E-state index contributed by atoms with van der Waals surface area (Å²) in [6.45, 7) is 0. The first-order valence-corrected chi connectivity index (χ1v) is 9.79. The van der Waals surface area contributed by atoms with Gasteiger partial charge in [0.25, 0.3) is 5.56 Å². The number of aromatic nitrogens is 2. The van der Waals surface area contributed by atoms with Gasteiger partial charge in [0.15, 0.2) is 0 Å². The summed E-state index contributed by atoms with van der Waals surface area (Å²) in [6, 6.07) is 16.3. The van der Waals surface area contributed by atoms with Crippen molar-refractivity contribution in [2.45, 2.75) is 31.7 Å². The molecule has 2 aliphatic carbocycles. The van der Waals surface area contributed by atoms with Crippen LogP contribution in [0.15, 0.2) is 57.8 Å². The van der Waals surface area contributed by atoms with Crippen molar-refractivity contribution in [3.8, 4) is 11.3 Å². The molecule has 0 unspecified atom stereocenters. The molecule has 1 aromatic heterocycles. The molecule has 25 heavy (non-hydrogen) atoms. The summed E-state index contributed by atoms with van der Waals surface area (Å²) in [4.78, 5) is 13.2. The molecule has 1 heterocycles. The first-order chi connectivity index (χ1) is 12.2. The van der Waals surface area contributed by atoms with Crippen LogP contribution in [0, 0.1) is 11.8 Å². The zero-order valence-corrected chi connectivity index (χ0v) is 15.4. The Morgan fingerprint density at radius 2 is 1.52 bits per heavy atom. The Kier molecular flexibility index (Phi) is 3.56. The van der Waals surface area contributed by atoms with Gasteiger partial charge in [-0.05, 0) is 55.7 Å². The fourth-order valence-electron chi connectivity index (χ4n) is 3.89. The van der Waals surface area contributed by atoms with Crippen LogP contribution in [0.2, 0.25) is 0 Å². The van der Waals surface area contributed by atoms with Gasteiger partial charge in [-0.15, -0.1) is 0 Å². The van der Waals surface area contributed by atoms with Crippen molar-refractivity contribution in [2.75, 3.05) is 0 Å². The van der Waals surface area contributed by atoms with E-state index in [1.807, 2.05) is 41.1 Å². The number of benzene rings is 2. The average Bonchev–Trinajstić information content (AvgIpc) is 3.53. The summed E-state index contributed by atoms with van der Waals surface area (Å²) in [7, 11) is 0. The van der Waals surface area contributed by atoms with Crippen molar-refractivity contribution in [1.82, 2.24) is 9.78 Å². The van der Waals surface area contributed by atoms with E-state index in [4.69, 9.17) is 5.10 Å². The maximum atomic E-state index is 13.2. The van der Waals surface area contributed by atoms with Crippen molar-refractivity contribution < 1.29 is 0 Å². The highest BCUT2D eigenvalue weighted by Crippen LogP contribution is 2.51. The molecule has 0 aliphatic heterocycles. The second-order valence-corrected chi connectivity index (χ2v) is 8.23. The summed E-state index contributed by atoms with van der Waals surface area (Å²) in [5.41, 5.74) is 2.03. The molecule has 3 aromatic rings. The highest BCUT2D eigenvalue weighted by Gasteiger charge is 2.44. The third-order valence-corrected chi connectivity index (χ3v) is 5.97. The third-order valence-electron chi connectivity index (χ3n) is 5.44. The highest BCUT2D eigenvalue weighted by molar-refractivity contribution is 9.10. The van der Waals surface area contributed by atoms with Crippen molar-refractivity contribution in [2.24, 2.45) is 11.8 Å². The van der Waals surface area contributed by atoms with E-state index < -0.39 is 0 Å². The monoisotopic (exact) mass is 394 g/mol. The fraction of sp³-hybridized carbons (Fsp3) is 0.333. The van der Waals surface area contributed by atoms with Crippen LogP contribution in [0.4, 0.5) is 0 Å². The molecule has 4 heteroatoms. The van der Waals surface area contributed by atoms with E-state index in [1.54, 1.807) is 0 Å². The summed E-state index contributed by atoms with van der Waals surface area (Å²) in [5.74, 6) is 1.27. The predicted molar refractivity (Wildman–Crippen MR) is 104 cm³/mol. The average molecular weight is 395 g/mol. The minimum Gasteiger partial charge on any atom is -0.267 e. The van der Waals surface area contributed by atoms with Gasteiger partial charge in [-0.25, -0.2) is 4.68 Å². The topological polar surface area (TPSA) is 34.9 Å². The van der Waals surface area contributed by atoms with Crippen LogP contribution in [-0.4, -0.2) is 9.78 Å². The van der Waals surface area contributed by atoms with Crippen molar-refractivity contribution in [1.29, 1.82) is 0 Å². The van der Waals surface area contributed by atoms with Gasteiger partial charge in [-0.1, -0.05) is 46.3 Å². The Bertz CT molecular complexity index is 989. The zero-order chi connectivity index (χ0) is 17.0. The number of halogens is 1. The quantitative estimate of drug-likeness (QED) is 0.610. The molecule has 0 N–H and O–H groups in total. The van der Waals surface area contributed by atoms with Crippen LogP contribution in [0.1, 0.15) is 31.7 Å². The molecule has 0 spiro atoms. The molecule has 0 saturated heterocycles. The Labute approximate surface area is 154 Å². The smallest absolute Gasteiger partial charge is 0.267 e. The normalized spacial score (nSPS) is 17.4. The van der Waals surface area contributed by atoms with Gasteiger partial charge in [0, 0.05) is 15.4 Å². The SMILES string of the molecule is O=c1c2ccccc2c(-c2ccc(Br)cc2)nn1C(C1CC1)C1CC1. The summed E-state index contributed by atoms with van der Waals surface area (Å²) in [6.07, 6.45) is 4.93. The third kappa shape index (κ3) is 2.73. The van der Waals surface area contributed by atoms with Crippen LogP contribution in [-0.2, 0) is 0 Å². The van der Waals surface area contributed by atoms with E-state index in [9.17, 15) is 4.79 Å². The standard InChI is InChI=1S/C21H19BrN2O/c22-16-11-9-13(10-12-16)19-17-3-1-2-4-18(17)21(25)24(23-19)20(14-5-6-14)15-7-8-15/h1-4,9-12,14-15,20H,5-8H2. The van der Waals surface area contributed by atoms with Crippen LogP contribution in [0.3, 0.4) is 0 Å². The summed E-state index contributed by atoms with van der Waals surface area (Å²) >= 11 is 3.50. The van der Waals surface area contributed by atoms with Gasteiger partial charge in [-0.3, -0.25) is 4.79 Å².